The van der Waals surface area contributed by atoms with E-state index in [0.717, 1.165) is 11.5 Å². The molecule has 58 valence electrons. The number of rotatable bonds is 3. The van der Waals surface area contributed by atoms with E-state index < -0.39 is 6.04 Å². The van der Waals surface area contributed by atoms with E-state index in [1.165, 1.54) is 0 Å². The standard InChI is InChI=1S/C4H5N5OS/c5-8-6-3(1-10)4-2-11-9-7-4/h2-3,10H,1H2. The second kappa shape index (κ2) is 3.87. The summed E-state index contributed by atoms with van der Waals surface area (Å²) in [6.07, 6.45) is 0. The lowest BCUT2D eigenvalue weighted by molar-refractivity contribution is 0.265. The van der Waals surface area contributed by atoms with Gasteiger partial charge in [0, 0.05) is 10.3 Å². The first-order valence-electron chi connectivity index (χ1n) is 2.80. The molecule has 1 aromatic rings. The van der Waals surface area contributed by atoms with Crippen molar-refractivity contribution in [1.82, 2.24) is 9.59 Å². The minimum atomic E-state index is -0.598. The lowest BCUT2D eigenvalue weighted by Gasteiger charge is -1.99. The van der Waals surface area contributed by atoms with Gasteiger partial charge in [0.1, 0.15) is 6.04 Å². The van der Waals surface area contributed by atoms with Gasteiger partial charge in [0.15, 0.2) is 0 Å². The maximum absolute atomic E-state index is 8.70. The monoisotopic (exact) mass is 171 g/mol. The van der Waals surface area contributed by atoms with Gasteiger partial charge in [0.05, 0.1) is 12.3 Å². The fourth-order valence-electron chi connectivity index (χ4n) is 0.569. The molecule has 1 unspecified atom stereocenters. The molecule has 0 saturated heterocycles. The molecule has 7 heteroatoms. The molecule has 0 saturated carbocycles. The molecule has 1 rings (SSSR count). The van der Waals surface area contributed by atoms with Crippen LogP contribution in [0.4, 0.5) is 0 Å². The van der Waals surface area contributed by atoms with E-state index in [1.807, 2.05) is 0 Å². The summed E-state index contributed by atoms with van der Waals surface area (Å²) < 4.78 is 3.57. The molecule has 0 fully saturated rings. The van der Waals surface area contributed by atoms with Crippen molar-refractivity contribution in [2.45, 2.75) is 6.04 Å². The molecule has 0 spiro atoms. The van der Waals surface area contributed by atoms with Crippen LogP contribution in [0.5, 0.6) is 0 Å². The Bertz CT molecular complexity index is 253. The highest BCUT2D eigenvalue weighted by atomic mass is 32.1. The second-order valence-electron chi connectivity index (χ2n) is 1.73. The fraction of sp³-hybridized carbons (Fsp3) is 0.500. The average Bonchev–Trinajstić information content (AvgIpc) is 2.52. The Hall–Kier alpha value is -1.17. The van der Waals surface area contributed by atoms with Gasteiger partial charge in [0.2, 0.25) is 0 Å². The van der Waals surface area contributed by atoms with Gasteiger partial charge in [-0.15, -0.1) is 5.10 Å². The largest absolute Gasteiger partial charge is 0.396 e. The highest BCUT2D eigenvalue weighted by Gasteiger charge is 2.09. The molecule has 1 aromatic heterocycles. The van der Waals surface area contributed by atoms with Gasteiger partial charge >= 0.3 is 0 Å². The number of hydrogen-bond donors (Lipinski definition) is 1. The summed E-state index contributed by atoms with van der Waals surface area (Å²) >= 11 is 1.15. The molecule has 0 aliphatic carbocycles. The highest BCUT2D eigenvalue weighted by molar-refractivity contribution is 7.03. The van der Waals surface area contributed by atoms with Gasteiger partial charge < -0.3 is 5.11 Å². The van der Waals surface area contributed by atoms with Gasteiger partial charge in [0.25, 0.3) is 0 Å². The second-order valence-corrected chi connectivity index (χ2v) is 2.34. The molecule has 0 aliphatic heterocycles. The predicted molar refractivity (Wildman–Crippen MR) is 38.9 cm³/mol. The van der Waals surface area contributed by atoms with Crippen LogP contribution in [0, 0.1) is 0 Å². The van der Waals surface area contributed by atoms with E-state index >= 15 is 0 Å². The third-order valence-electron chi connectivity index (χ3n) is 1.08. The number of aromatic nitrogens is 2. The number of hydrogen-bond acceptors (Lipinski definition) is 5. The minimum absolute atomic E-state index is 0.241. The maximum atomic E-state index is 8.70. The first kappa shape index (κ1) is 7.93. The predicted octanol–water partition coefficient (Wildman–Crippen LogP) is 0.882. The summed E-state index contributed by atoms with van der Waals surface area (Å²) in [5, 5.41) is 17.3. The highest BCUT2D eigenvalue weighted by Crippen LogP contribution is 2.14. The van der Waals surface area contributed by atoms with E-state index in [0.29, 0.717) is 5.69 Å². The van der Waals surface area contributed by atoms with Crippen LogP contribution in [0.2, 0.25) is 0 Å². The fourth-order valence-corrected chi connectivity index (χ4v) is 1.07. The van der Waals surface area contributed by atoms with Gasteiger partial charge in [-0.1, -0.05) is 9.60 Å². The molecule has 1 N–H and O–H groups in total. The van der Waals surface area contributed by atoms with Crippen LogP contribution >= 0.6 is 11.5 Å². The number of azide groups is 1. The molecule has 0 radical (unpaired) electrons. The van der Waals surface area contributed by atoms with Crippen LogP contribution in [0.1, 0.15) is 11.7 Å². The number of nitrogens with zero attached hydrogens (tertiary/aromatic N) is 5. The Kier molecular flexibility index (Phi) is 2.79. The Morgan fingerprint density at radius 1 is 1.91 bits per heavy atom. The summed E-state index contributed by atoms with van der Waals surface area (Å²) in [4.78, 5) is 2.56. The van der Waals surface area contributed by atoms with Crippen LogP contribution in [-0.4, -0.2) is 21.3 Å². The zero-order valence-electron chi connectivity index (χ0n) is 5.45. The van der Waals surface area contributed by atoms with Crippen LogP contribution in [-0.2, 0) is 0 Å². The van der Waals surface area contributed by atoms with E-state index in [4.69, 9.17) is 10.6 Å². The number of aliphatic hydroxyl groups excluding tert-OH is 1. The van der Waals surface area contributed by atoms with Crippen molar-refractivity contribution in [2.75, 3.05) is 6.61 Å². The number of aliphatic hydroxyl groups is 1. The van der Waals surface area contributed by atoms with Crippen molar-refractivity contribution in [2.24, 2.45) is 5.11 Å². The molecule has 0 aliphatic rings. The summed E-state index contributed by atoms with van der Waals surface area (Å²) in [5.74, 6) is 0. The summed E-state index contributed by atoms with van der Waals surface area (Å²) in [6.45, 7) is -0.241. The van der Waals surface area contributed by atoms with E-state index in [-0.39, 0.29) is 6.61 Å². The minimum Gasteiger partial charge on any atom is -0.396 e. The molecule has 0 amide bonds. The van der Waals surface area contributed by atoms with E-state index in [2.05, 4.69) is 19.6 Å². The quantitative estimate of drug-likeness (QED) is 0.415. The van der Waals surface area contributed by atoms with Crippen molar-refractivity contribution in [3.8, 4) is 0 Å². The first-order chi connectivity index (χ1) is 5.38. The van der Waals surface area contributed by atoms with Crippen LogP contribution in [0.3, 0.4) is 0 Å². The van der Waals surface area contributed by atoms with E-state index in [9.17, 15) is 0 Å². The normalized spacial score (nSPS) is 12.1. The molecule has 11 heavy (non-hydrogen) atoms. The van der Waals surface area contributed by atoms with Crippen LogP contribution in [0.15, 0.2) is 10.5 Å². The van der Waals surface area contributed by atoms with Gasteiger partial charge in [-0.05, 0) is 17.1 Å². The molecule has 0 aromatic carbocycles. The lowest BCUT2D eigenvalue weighted by atomic mass is 10.3. The van der Waals surface area contributed by atoms with Crippen molar-refractivity contribution >= 4 is 11.5 Å². The molecular formula is C4H5N5OS. The molecular weight excluding hydrogens is 166 g/mol. The summed E-state index contributed by atoms with van der Waals surface area (Å²) in [6, 6.07) is -0.598. The molecule has 1 heterocycles. The zero-order valence-corrected chi connectivity index (χ0v) is 6.27. The van der Waals surface area contributed by atoms with Crippen LogP contribution < -0.4 is 0 Å². The third kappa shape index (κ3) is 1.87. The SMILES string of the molecule is [N-]=[N+]=NC(CO)c1csnn1. The van der Waals surface area contributed by atoms with E-state index in [1.54, 1.807) is 5.38 Å². The van der Waals surface area contributed by atoms with Crippen molar-refractivity contribution < 1.29 is 5.11 Å². The Labute approximate surface area is 66.3 Å². The zero-order chi connectivity index (χ0) is 8.10. The lowest BCUT2D eigenvalue weighted by Crippen LogP contribution is -2.00. The first-order valence-corrected chi connectivity index (χ1v) is 3.64. The summed E-state index contributed by atoms with van der Waals surface area (Å²) in [5.41, 5.74) is 8.58. The van der Waals surface area contributed by atoms with Crippen molar-refractivity contribution in [1.29, 1.82) is 0 Å². The van der Waals surface area contributed by atoms with Crippen molar-refractivity contribution in [3.63, 3.8) is 0 Å². The summed E-state index contributed by atoms with van der Waals surface area (Å²) in [7, 11) is 0. The van der Waals surface area contributed by atoms with Crippen LogP contribution in [0.25, 0.3) is 10.4 Å². The topological polar surface area (TPSA) is 94.8 Å². The van der Waals surface area contributed by atoms with Gasteiger partial charge in [-0.2, -0.15) is 0 Å². The Morgan fingerprint density at radius 3 is 3.18 bits per heavy atom. The Morgan fingerprint density at radius 2 is 2.73 bits per heavy atom. The molecule has 1 atom stereocenters. The third-order valence-corrected chi connectivity index (χ3v) is 1.61. The average molecular weight is 171 g/mol. The molecule has 6 nitrogen and oxygen atoms in total. The van der Waals surface area contributed by atoms with Gasteiger partial charge in [-0.25, -0.2) is 0 Å². The van der Waals surface area contributed by atoms with Crippen molar-refractivity contribution in [3.05, 3.63) is 21.5 Å². The maximum Gasteiger partial charge on any atom is 0.106 e. The Balaban J connectivity index is 2.79. The smallest absolute Gasteiger partial charge is 0.106 e. The van der Waals surface area contributed by atoms with Gasteiger partial charge in [-0.3, -0.25) is 0 Å². The molecule has 0 bridgehead atoms.